The molecule has 0 aromatic carbocycles. The van der Waals surface area contributed by atoms with E-state index in [0.29, 0.717) is 0 Å². The minimum atomic E-state index is -5.17. The summed E-state index contributed by atoms with van der Waals surface area (Å²) >= 11 is 0. The van der Waals surface area contributed by atoms with Crippen molar-refractivity contribution in [1.29, 1.82) is 0 Å². The number of H-pyrrole nitrogens is 6. The van der Waals surface area contributed by atoms with Crippen LogP contribution in [0, 0.1) is 0 Å². The third kappa shape index (κ3) is 9.87. The van der Waals surface area contributed by atoms with Crippen LogP contribution in [0.2, 0.25) is 0 Å². The molecule has 6 N–H and O–H groups in total. The van der Waals surface area contributed by atoms with Crippen LogP contribution in [0.25, 0.3) is 34.9 Å². The molecule has 0 fully saturated rings. The van der Waals surface area contributed by atoms with Gasteiger partial charge in [0.25, 0.3) is 0 Å². The Morgan fingerprint density at radius 2 is 0.583 bits per heavy atom. The van der Waals surface area contributed by atoms with Gasteiger partial charge in [-0.3, -0.25) is 8.42 Å². The topological polar surface area (TPSA) is 252 Å². The molecule has 6 rings (SSSR count). The zero-order chi connectivity index (χ0) is 24.9. The van der Waals surface area contributed by atoms with E-state index in [1.807, 2.05) is 0 Å². The number of rotatable bonds is 3. The molecule has 0 radical (unpaired) electrons. The molecule has 0 spiro atoms. The molecule has 0 bridgehead atoms. The quantitative estimate of drug-likeness (QED) is 0.103. The first-order valence-corrected chi connectivity index (χ1v) is 10.9. The fourth-order valence-corrected chi connectivity index (χ4v) is 2.37. The van der Waals surface area contributed by atoms with E-state index < -0.39 is 10.4 Å². The van der Waals surface area contributed by atoms with Gasteiger partial charge in [-0.1, -0.05) is 0 Å². The number of hydrogen-bond donors (Lipinski definition) is 6. The molecular weight excluding hydrogens is 536 g/mol. The summed E-state index contributed by atoms with van der Waals surface area (Å²) in [6.07, 6.45) is 20.7. The molecule has 0 amide bonds. The molecule has 6 aromatic rings. The zero-order valence-corrected chi connectivity index (χ0v) is 19.9. The standard InChI is InChI=1S/3C6H6N4.Fe.H2O4S/c3*1-2-8-5(7-1)6-9-3-4-10-6;;1-5(2,3)4/h3*1-4H,(H,7,8)(H,9,10);;(H2,1,2,3,4)/q;;;+2;/p-2. The van der Waals surface area contributed by atoms with Crippen molar-refractivity contribution in [1.82, 2.24) is 59.8 Å². The van der Waals surface area contributed by atoms with E-state index in [-0.39, 0.29) is 17.1 Å². The van der Waals surface area contributed by atoms with Gasteiger partial charge in [0.15, 0.2) is 34.9 Å². The third-order valence-electron chi connectivity index (χ3n) is 3.66. The van der Waals surface area contributed by atoms with Gasteiger partial charge in [0.1, 0.15) is 0 Å². The maximum atomic E-state index is 8.52. The number of aromatic nitrogens is 12. The Labute approximate surface area is 214 Å². The summed E-state index contributed by atoms with van der Waals surface area (Å²) in [4.78, 5) is 41.7. The second-order valence-corrected chi connectivity index (χ2v) is 6.85. The van der Waals surface area contributed by atoms with Gasteiger partial charge in [-0.2, -0.15) is 0 Å². The molecule has 0 aliphatic rings. The van der Waals surface area contributed by atoms with E-state index in [2.05, 4.69) is 59.8 Å². The molecule has 0 unspecified atom stereocenters. The largest absolute Gasteiger partial charge is 2.00 e. The van der Waals surface area contributed by atoms with E-state index in [4.69, 9.17) is 17.5 Å². The fourth-order valence-electron chi connectivity index (χ4n) is 2.37. The molecule has 0 aliphatic carbocycles. The normalized spacial score (nSPS) is 9.94. The van der Waals surface area contributed by atoms with Gasteiger partial charge < -0.3 is 39.0 Å². The average Bonchev–Trinajstić information content (AvgIpc) is 3.70. The molecule has 188 valence electrons. The number of hydrogen-bond acceptors (Lipinski definition) is 10. The van der Waals surface area contributed by atoms with Crippen molar-refractivity contribution in [2.45, 2.75) is 0 Å². The Morgan fingerprint density at radius 1 is 0.444 bits per heavy atom. The van der Waals surface area contributed by atoms with Crippen LogP contribution in [0.3, 0.4) is 0 Å². The van der Waals surface area contributed by atoms with Crippen molar-refractivity contribution in [2.24, 2.45) is 0 Å². The predicted octanol–water partition coefficient (Wildman–Crippen LogP) is 1.06. The maximum absolute atomic E-state index is 8.52. The van der Waals surface area contributed by atoms with Crippen molar-refractivity contribution in [2.75, 3.05) is 0 Å². The summed E-state index contributed by atoms with van der Waals surface area (Å²) in [5, 5.41) is 0. The Bertz CT molecular complexity index is 1140. The molecular formula is C18H18FeN12O4S. The molecule has 6 heterocycles. The van der Waals surface area contributed by atoms with Crippen molar-refractivity contribution in [3.63, 3.8) is 0 Å². The molecule has 0 saturated heterocycles. The van der Waals surface area contributed by atoms with E-state index in [1.165, 1.54) is 0 Å². The number of nitrogens with zero attached hydrogens (tertiary/aromatic N) is 6. The van der Waals surface area contributed by atoms with Crippen LogP contribution in [0.4, 0.5) is 0 Å². The van der Waals surface area contributed by atoms with Crippen molar-refractivity contribution < 1.29 is 34.6 Å². The summed E-state index contributed by atoms with van der Waals surface area (Å²) in [5.41, 5.74) is 0. The number of aromatic amines is 6. The summed E-state index contributed by atoms with van der Waals surface area (Å²) in [5.74, 6) is 4.61. The summed E-state index contributed by atoms with van der Waals surface area (Å²) in [6.45, 7) is 0. The second-order valence-electron chi connectivity index (χ2n) is 6.03. The van der Waals surface area contributed by atoms with Crippen LogP contribution in [-0.2, 0) is 27.5 Å². The van der Waals surface area contributed by atoms with Gasteiger partial charge in [0, 0.05) is 84.8 Å². The van der Waals surface area contributed by atoms with Crippen molar-refractivity contribution in [3.05, 3.63) is 74.4 Å². The van der Waals surface area contributed by atoms with Crippen LogP contribution in [0.1, 0.15) is 0 Å². The minimum absolute atomic E-state index is 0. The van der Waals surface area contributed by atoms with E-state index in [9.17, 15) is 0 Å². The number of imidazole rings is 6. The fraction of sp³-hybridized carbons (Fsp3) is 0. The Hall–Kier alpha value is -4.35. The Balaban J connectivity index is 0.000000172. The molecule has 0 saturated carbocycles. The van der Waals surface area contributed by atoms with Crippen LogP contribution in [0.5, 0.6) is 0 Å². The molecule has 16 nitrogen and oxygen atoms in total. The molecule has 0 atom stereocenters. The first-order chi connectivity index (χ1) is 16.9. The smallest absolute Gasteiger partial charge is 0.759 e. The van der Waals surface area contributed by atoms with Gasteiger partial charge >= 0.3 is 17.1 Å². The number of nitrogens with one attached hydrogen (secondary N) is 6. The predicted molar refractivity (Wildman–Crippen MR) is 119 cm³/mol. The van der Waals surface area contributed by atoms with Gasteiger partial charge in [-0.05, 0) is 0 Å². The molecule has 18 heteroatoms. The van der Waals surface area contributed by atoms with E-state index in [0.717, 1.165) is 34.9 Å². The zero-order valence-electron chi connectivity index (χ0n) is 18.0. The first kappa shape index (κ1) is 27.9. The monoisotopic (exact) mass is 554 g/mol. The summed E-state index contributed by atoms with van der Waals surface area (Å²) in [7, 11) is -5.17. The van der Waals surface area contributed by atoms with Crippen LogP contribution < -0.4 is 0 Å². The van der Waals surface area contributed by atoms with Crippen molar-refractivity contribution in [3.8, 4) is 34.9 Å². The van der Waals surface area contributed by atoms with Crippen LogP contribution in [0.15, 0.2) is 74.4 Å². The van der Waals surface area contributed by atoms with Gasteiger partial charge in [0.2, 0.25) is 0 Å². The van der Waals surface area contributed by atoms with E-state index in [1.54, 1.807) is 74.4 Å². The van der Waals surface area contributed by atoms with Crippen LogP contribution in [-0.4, -0.2) is 77.3 Å². The second kappa shape index (κ2) is 14.1. The summed E-state index contributed by atoms with van der Waals surface area (Å²) < 4.78 is 34.1. The Morgan fingerprint density at radius 3 is 0.667 bits per heavy atom. The maximum Gasteiger partial charge on any atom is 2.00 e. The SMILES string of the molecule is O=S(=O)([O-])[O-].[Fe+2].c1c[nH]c(-c2ncc[nH]2)n1.c1c[nH]c(-c2ncc[nH]2)n1.c1c[nH]c(-c2ncc[nH]2)n1. The molecule has 6 aromatic heterocycles. The summed E-state index contributed by atoms with van der Waals surface area (Å²) in [6, 6.07) is 0. The third-order valence-corrected chi connectivity index (χ3v) is 3.66. The average molecular weight is 554 g/mol. The van der Waals surface area contributed by atoms with Gasteiger partial charge in [-0.15, -0.1) is 0 Å². The first-order valence-electron chi connectivity index (χ1n) is 9.54. The van der Waals surface area contributed by atoms with Crippen LogP contribution >= 0.6 is 0 Å². The van der Waals surface area contributed by atoms with Gasteiger partial charge in [0.05, 0.1) is 0 Å². The Kier molecular flexibility index (Phi) is 11.0. The molecule has 36 heavy (non-hydrogen) atoms. The molecule has 0 aliphatic heterocycles. The minimum Gasteiger partial charge on any atom is -0.759 e. The van der Waals surface area contributed by atoms with Gasteiger partial charge in [-0.25, -0.2) is 29.9 Å². The van der Waals surface area contributed by atoms with E-state index >= 15 is 0 Å². The van der Waals surface area contributed by atoms with Crippen molar-refractivity contribution >= 4 is 10.4 Å².